The van der Waals surface area contributed by atoms with E-state index in [4.69, 9.17) is 0 Å². The van der Waals surface area contributed by atoms with Crippen molar-refractivity contribution >= 4 is 5.91 Å². The first-order chi connectivity index (χ1) is 12.1. The first-order valence-electron chi connectivity index (χ1n) is 8.90. The molecule has 7 nitrogen and oxygen atoms in total. The van der Waals surface area contributed by atoms with Crippen molar-refractivity contribution in [3.63, 3.8) is 0 Å². The third-order valence-electron chi connectivity index (χ3n) is 4.63. The maximum absolute atomic E-state index is 12.3. The predicted molar refractivity (Wildman–Crippen MR) is 94.8 cm³/mol. The molecular formula is C18H26N6O. The highest BCUT2D eigenvalue weighted by molar-refractivity contribution is 5.78. The molecule has 0 radical (unpaired) electrons. The lowest BCUT2D eigenvalue weighted by Gasteiger charge is -2.35. The van der Waals surface area contributed by atoms with Gasteiger partial charge >= 0.3 is 0 Å². The minimum atomic E-state index is 0.0454. The minimum Gasteiger partial charge on any atom is -0.349 e. The lowest BCUT2D eigenvalue weighted by molar-refractivity contribution is -0.123. The van der Waals surface area contributed by atoms with Gasteiger partial charge in [-0.1, -0.05) is 12.5 Å². The number of aromatic nitrogens is 4. The summed E-state index contributed by atoms with van der Waals surface area (Å²) in [6.45, 7) is 6.53. The Hall–Kier alpha value is -2.28. The number of nitrogens with one attached hydrogen (secondary N) is 1. The average Bonchev–Trinajstić information content (AvgIpc) is 2.93. The number of hydrogen-bond donors (Lipinski definition) is 1. The summed E-state index contributed by atoms with van der Waals surface area (Å²) in [5.41, 5.74) is 0.875. The molecule has 25 heavy (non-hydrogen) atoms. The van der Waals surface area contributed by atoms with E-state index in [2.05, 4.69) is 25.3 Å². The summed E-state index contributed by atoms with van der Waals surface area (Å²) >= 11 is 0. The van der Waals surface area contributed by atoms with Crippen molar-refractivity contribution in [2.24, 2.45) is 0 Å². The number of aryl methyl sites for hydroxylation is 2. The number of amides is 1. The van der Waals surface area contributed by atoms with Gasteiger partial charge in [-0.15, -0.1) is 0 Å². The maximum Gasteiger partial charge on any atom is 0.234 e. The Bertz CT molecular complexity index is 699. The Morgan fingerprint density at radius 2 is 2.20 bits per heavy atom. The van der Waals surface area contributed by atoms with Gasteiger partial charge in [-0.05, 0) is 45.4 Å². The van der Waals surface area contributed by atoms with Gasteiger partial charge in [-0.2, -0.15) is 5.10 Å². The molecule has 0 aromatic carbocycles. The monoisotopic (exact) mass is 342 g/mol. The lowest BCUT2D eigenvalue weighted by Crippen LogP contribution is -2.47. The number of likely N-dealkylation sites (tertiary alicyclic amines) is 1. The lowest BCUT2D eigenvalue weighted by atomic mass is 10.0. The fourth-order valence-corrected chi connectivity index (χ4v) is 3.34. The van der Waals surface area contributed by atoms with Crippen molar-refractivity contribution in [3.05, 3.63) is 41.7 Å². The largest absolute Gasteiger partial charge is 0.349 e. The van der Waals surface area contributed by atoms with Crippen molar-refractivity contribution in [3.8, 4) is 0 Å². The summed E-state index contributed by atoms with van der Waals surface area (Å²) < 4.78 is 1.96. The van der Waals surface area contributed by atoms with Gasteiger partial charge in [0.25, 0.3) is 0 Å². The molecule has 0 bridgehead atoms. The van der Waals surface area contributed by atoms with Gasteiger partial charge in [-0.3, -0.25) is 14.7 Å². The molecule has 1 N–H and O–H groups in total. The van der Waals surface area contributed by atoms with Crippen LogP contribution in [-0.2, 0) is 17.9 Å². The maximum atomic E-state index is 12.3. The Morgan fingerprint density at radius 3 is 2.92 bits per heavy atom. The second-order valence-corrected chi connectivity index (χ2v) is 6.61. The molecule has 1 aliphatic heterocycles. The van der Waals surface area contributed by atoms with Crippen LogP contribution in [0.2, 0.25) is 0 Å². The quantitative estimate of drug-likeness (QED) is 0.860. The fraction of sp³-hybridized carbons (Fsp3) is 0.556. The normalized spacial score (nSPS) is 18.2. The summed E-state index contributed by atoms with van der Waals surface area (Å²) in [5, 5.41) is 7.43. The molecule has 0 unspecified atom stereocenters. The molecule has 1 fully saturated rings. The van der Waals surface area contributed by atoms with E-state index in [1.165, 1.54) is 6.42 Å². The number of piperidine rings is 1. The van der Waals surface area contributed by atoms with Crippen LogP contribution in [0.3, 0.4) is 0 Å². The third-order valence-corrected chi connectivity index (χ3v) is 4.63. The highest BCUT2D eigenvalue weighted by atomic mass is 16.2. The molecular weight excluding hydrogens is 316 g/mol. The van der Waals surface area contributed by atoms with Crippen LogP contribution >= 0.6 is 0 Å². The summed E-state index contributed by atoms with van der Waals surface area (Å²) in [5.74, 6) is 1.78. The minimum absolute atomic E-state index is 0.0454. The molecule has 7 heteroatoms. The van der Waals surface area contributed by atoms with Crippen molar-refractivity contribution in [2.75, 3.05) is 13.1 Å². The topological polar surface area (TPSA) is 75.9 Å². The first-order valence-corrected chi connectivity index (χ1v) is 8.90. The number of pyridine rings is 1. The average molecular weight is 342 g/mol. The van der Waals surface area contributed by atoms with Crippen LogP contribution in [0.5, 0.6) is 0 Å². The van der Waals surface area contributed by atoms with Gasteiger partial charge in [0.05, 0.1) is 25.3 Å². The van der Waals surface area contributed by atoms with Crippen LogP contribution in [0.15, 0.2) is 24.4 Å². The van der Waals surface area contributed by atoms with E-state index < -0.39 is 0 Å². The van der Waals surface area contributed by atoms with E-state index in [-0.39, 0.29) is 5.91 Å². The van der Waals surface area contributed by atoms with Crippen molar-refractivity contribution in [1.29, 1.82) is 0 Å². The first kappa shape index (κ1) is 17.5. The van der Waals surface area contributed by atoms with Gasteiger partial charge < -0.3 is 5.32 Å². The fourth-order valence-electron chi connectivity index (χ4n) is 3.34. The van der Waals surface area contributed by atoms with E-state index in [1.54, 1.807) is 6.20 Å². The van der Waals surface area contributed by atoms with Crippen molar-refractivity contribution in [1.82, 2.24) is 30.0 Å². The highest BCUT2D eigenvalue weighted by Gasteiger charge is 2.25. The van der Waals surface area contributed by atoms with Gasteiger partial charge in [0, 0.05) is 12.2 Å². The number of hydrogen-bond acceptors (Lipinski definition) is 5. The zero-order valence-corrected chi connectivity index (χ0v) is 15.0. The zero-order valence-electron chi connectivity index (χ0n) is 15.0. The van der Waals surface area contributed by atoms with Crippen LogP contribution in [0, 0.1) is 13.8 Å². The summed E-state index contributed by atoms with van der Waals surface area (Å²) in [7, 11) is 0. The van der Waals surface area contributed by atoms with Crippen LogP contribution < -0.4 is 5.32 Å². The van der Waals surface area contributed by atoms with E-state index in [9.17, 15) is 4.79 Å². The second kappa shape index (κ2) is 8.20. The highest BCUT2D eigenvalue weighted by Crippen LogP contribution is 2.18. The molecule has 2 aromatic rings. The Labute approximate surface area is 148 Å². The molecule has 0 aliphatic carbocycles. The van der Waals surface area contributed by atoms with Crippen LogP contribution in [0.1, 0.15) is 36.6 Å². The molecule has 0 saturated carbocycles. The van der Waals surface area contributed by atoms with Crippen LogP contribution in [0.25, 0.3) is 0 Å². The second-order valence-electron chi connectivity index (χ2n) is 6.61. The van der Waals surface area contributed by atoms with Crippen LogP contribution in [0.4, 0.5) is 0 Å². The third kappa shape index (κ3) is 4.85. The van der Waals surface area contributed by atoms with Gasteiger partial charge in [0.1, 0.15) is 11.6 Å². The Morgan fingerprint density at radius 1 is 1.32 bits per heavy atom. The number of nitrogens with zero attached hydrogens (tertiary/aromatic N) is 5. The molecule has 1 aliphatic rings. The molecule has 2 aromatic heterocycles. The molecule has 1 atom stereocenters. The predicted octanol–water partition coefficient (Wildman–Crippen LogP) is 1.46. The standard InChI is InChI=1S/C18H26N6O/c1-14-21-15(2)24(22-14)12-17-8-4-6-10-23(17)13-18(25)20-11-16-7-3-5-9-19-16/h3,5,7,9,17H,4,6,8,10-13H2,1-2H3,(H,20,25)/t17-/m0/s1. The number of rotatable bonds is 6. The Balaban J connectivity index is 1.55. The van der Waals surface area contributed by atoms with Crippen molar-refractivity contribution < 1.29 is 4.79 Å². The van der Waals surface area contributed by atoms with E-state index in [0.717, 1.165) is 43.3 Å². The summed E-state index contributed by atoms with van der Waals surface area (Å²) in [6.07, 6.45) is 5.17. The summed E-state index contributed by atoms with van der Waals surface area (Å²) in [6, 6.07) is 6.05. The van der Waals surface area contributed by atoms with E-state index in [1.807, 2.05) is 36.7 Å². The Kier molecular flexibility index (Phi) is 5.75. The van der Waals surface area contributed by atoms with Crippen LogP contribution in [-0.4, -0.2) is 49.7 Å². The molecule has 134 valence electrons. The molecule has 3 heterocycles. The summed E-state index contributed by atoms with van der Waals surface area (Å²) in [4.78, 5) is 23.2. The molecule has 1 amide bonds. The number of carbonyl (C=O) groups is 1. The molecule has 0 spiro atoms. The van der Waals surface area contributed by atoms with E-state index in [0.29, 0.717) is 19.1 Å². The smallest absolute Gasteiger partial charge is 0.234 e. The number of carbonyl (C=O) groups excluding carboxylic acids is 1. The van der Waals surface area contributed by atoms with Gasteiger partial charge in [0.15, 0.2) is 0 Å². The SMILES string of the molecule is Cc1nc(C)n(C[C@@H]2CCCCN2CC(=O)NCc2ccccn2)n1. The van der Waals surface area contributed by atoms with Crippen molar-refractivity contribution in [2.45, 2.75) is 52.2 Å². The van der Waals surface area contributed by atoms with Gasteiger partial charge in [0.2, 0.25) is 5.91 Å². The van der Waals surface area contributed by atoms with E-state index >= 15 is 0 Å². The molecule has 1 saturated heterocycles. The van der Waals surface area contributed by atoms with Gasteiger partial charge in [-0.25, -0.2) is 9.67 Å². The molecule has 3 rings (SSSR count). The zero-order chi connectivity index (χ0) is 17.6.